The van der Waals surface area contributed by atoms with E-state index in [1.165, 1.54) is 6.92 Å². The maximum atomic E-state index is 12.1. The van der Waals surface area contributed by atoms with Gasteiger partial charge in [0.25, 0.3) is 0 Å². The second-order valence-electron chi connectivity index (χ2n) is 4.99. The summed E-state index contributed by atoms with van der Waals surface area (Å²) in [5.41, 5.74) is -0.954. The van der Waals surface area contributed by atoms with Crippen LogP contribution in [-0.2, 0) is 4.79 Å². The van der Waals surface area contributed by atoms with Crippen LogP contribution in [0.25, 0.3) is 0 Å². The molecule has 0 aromatic rings. The minimum atomic E-state index is -4.34. The van der Waals surface area contributed by atoms with E-state index in [2.05, 4.69) is 10.6 Å². The van der Waals surface area contributed by atoms with Gasteiger partial charge in [-0.25, -0.2) is 4.79 Å². The number of urea groups is 1. The molecule has 2 amide bonds. The molecule has 0 spiro atoms. The zero-order valence-corrected chi connectivity index (χ0v) is 10.5. The number of carboxylic acid groups (broad SMARTS) is 1. The van der Waals surface area contributed by atoms with Crippen LogP contribution in [0.3, 0.4) is 0 Å². The Morgan fingerprint density at radius 2 is 1.95 bits per heavy atom. The van der Waals surface area contributed by atoms with Crippen LogP contribution in [0, 0.1) is 5.41 Å². The van der Waals surface area contributed by atoms with Crippen LogP contribution in [0.5, 0.6) is 0 Å². The number of amides is 2. The van der Waals surface area contributed by atoms with Crippen molar-refractivity contribution in [1.82, 2.24) is 10.6 Å². The summed E-state index contributed by atoms with van der Waals surface area (Å²) in [5, 5.41) is 13.5. The summed E-state index contributed by atoms with van der Waals surface area (Å²) in [4.78, 5) is 22.4. The Labute approximate surface area is 108 Å². The van der Waals surface area contributed by atoms with Gasteiger partial charge in [-0.3, -0.25) is 4.79 Å². The van der Waals surface area contributed by atoms with Gasteiger partial charge in [-0.05, 0) is 19.8 Å². The Bertz CT molecular complexity index is 354. The number of carboxylic acids is 1. The first-order valence-corrected chi connectivity index (χ1v) is 5.99. The van der Waals surface area contributed by atoms with E-state index in [0.717, 1.165) is 6.42 Å². The molecule has 1 aliphatic rings. The molecule has 8 heteroatoms. The van der Waals surface area contributed by atoms with E-state index in [1.54, 1.807) is 0 Å². The Balaban J connectivity index is 2.34. The number of nitrogens with one attached hydrogen (secondary N) is 2. The molecule has 1 unspecified atom stereocenters. The fourth-order valence-corrected chi connectivity index (χ4v) is 1.99. The Hall–Kier alpha value is -1.47. The van der Waals surface area contributed by atoms with Gasteiger partial charge in [-0.1, -0.05) is 6.42 Å². The third-order valence-corrected chi connectivity index (χ3v) is 3.27. The lowest BCUT2D eigenvalue weighted by molar-refractivity contribution is -0.153. The zero-order valence-electron chi connectivity index (χ0n) is 10.5. The smallest absolute Gasteiger partial charge is 0.391 e. The van der Waals surface area contributed by atoms with Gasteiger partial charge in [0.05, 0.1) is 11.8 Å². The molecule has 1 fully saturated rings. The Kier molecular flexibility index (Phi) is 4.65. The molecule has 1 saturated carbocycles. The molecule has 110 valence electrons. The molecule has 0 aromatic carbocycles. The van der Waals surface area contributed by atoms with E-state index < -0.39 is 36.1 Å². The SMILES string of the molecule is CC(CC(F)(F)F)NC(=O)NCC1(C(=O)O)CCC1. The summed E-state index contributed by atoms with van der Waals surface area (Å²) in [6.07, 6.45) is -3.74. The second-order valence-corrected chi connectivity index (χ2v) is 4.99. The summed E-state index contributed by atoms with van der Waals surface area (Å²) in [6, 6.07) is -1.83. The van der Waals surface area contributed by atoms with Gasteiger partial charge in [0, 0.05) is 12.6 Å². The first kappa shape index (κ1) is 15.6. The monoisotopic (exact) mass is 282 g/mol. The maximum absolute atomic E-state index is 12.1. The van der Waals surface area contributed by atoms with Crippen molar-refractivity contribution < 1.29 is 27.9 Å². The molecule has 0 heterocycles. The molecule has 0 bridgehead atoms. The van der Waals surface area contributed by atoms with E-state index in [0.29, 0.717) is 12.8 Å². The van der Waals surface area contributed by atoms with Gasteiger partial charge in [0.1, 0.15) is 0 Å². The summed E-state index contributed by atoms with van der Waals surface area (Å²) in [7, 11) is 0. The maximum Gasteiger partial charge on any atom is 0.391 e. The molecular weight excluding hydrogens is 265 g/mol. The van der Waals surface area contributed by atoms with Crippen molar-refractivity contribution in [3.05, 3.63) is 0 Å². The standard InChI is InChI=1S/C11H17F3N2O3/c1-7(5-11(12,13)14)16-9(19)15-6-10(8(17)18)3-2-4-10/h7H,2-6H2,1H3,(H,17,18)(H2,15,16,19). The minimum Gasteiger partial charge on any atom is -0.481 e. The number of carbonyl (C=O) groups is 2. The van der Waals surface area contributed by atoms with Crippen molar-refractivity contribution in [1.29, 1.82) is 0 Å². The van der Waals surface area contributed by atoms with Crippen LogP contribution in [0.4, 0.5) is 18.0 Å². The average Bonchev–Trinajstić information content (AvgIpc) is 2.11. The highest BCUT2D eigenvalue weighted by atomic mass is 19.4. The summed E-state index contributed by atoms with van der Waals surface area (Å²) >= 11 is 0. The molecule has 0 radical (unpaired) electrons. The highest BCUT2D eigenvalue weighted by molar-refractivity contribution is 5.78. The molecule has 1 rings (SSSR count). The van der Waals surface area contributed by atoms with Crippen molar-refractivity contribution in [3.63, 3.8) is 0 Å². The lowest BCUT2D eigenvalue weighted by Crippen LogP contribution is -2.51. The second kappa shape index (κ2) is 5.66. The van der Waals surface area contributed by atoms with Crippen LogP contribution in [0.2, 0.25) is 0 Å². The predicted molar refractivity (Wildman–Crippen MR) is 60.6 cm³/mol. The normalized spacial score (nSPS) is 19.2. The number of halogens is 3. The topological polar surface area (TPSA) is 78.4 Å². The lowest BCUT2D eigenvalue weighted by atomic mass is 9.69. The quantitative estimate of drug-likeness (QED) is 0.720. The molecular formula is C11H17F3N2O3. The first-order chi connectivity index (χ1) is 8.65. The Morgan fingerprint density at radius 1 is 1.37 bits per heavy atom. The van der Waals surface area contributed by atoms with Crippen LogP contribution < -0.4 is 10.6 Å². The van der Waals surface area contributed by atoms with Gasteiger partial charge < -0.3 is 15.7 Å². The largest absolute Gasteiger partial charge is 0.481 e. The molecule has 1 aliphatic carbocycles. The number of rotatable bonds is 5. The minimum absolute atomic E-state index is 0.0626. The van der Waals surface area contributed by atoms with Gasteiger partial charge >= 0.3 is 18.2 Å². The van der Waals surface area contributed by atoms with Crippen molar-refractivity contribution in [3.8, 4) is 0 Å². The van der Waals surface area contributed by atoms with Crippen LogP contribution in [0.15, 0.2) is 0 Å². The van der Waals surface area contributed by atoms with Gasteiger partial charge in [0.15, 0.2) is 0 Å². The fraction of sp³-hybridized carbons (Fsp3) is 0.818. The van der Waals surface area contributed by atoms with Crippen LogP contribution in [-0.4, -0.2) is 35.9 Å². The third-order valence-electron chi connectivity index (χ3n) is 3.27. The molecule has 3 N–H and O–H groups in total. The molecule has 0 saturated heterocycles. The van der Waals surface area contributed by atoms with Gasteiger partial charge in [-0.15, -0.1) is 0 Å². The average molecular weight is 282 g/mol. The van der Waals surface area contributed by atoms with E-state index in [1.807, 2.05) is 0 Å². The summed E-state index contributed by atoms with van der Waals surface area (Å²) in [6.45, 7) is 1.18. The first-order valence-electron chi connectivity index (χ1n) is 5.99. The van der Waals surface area contributed by atoms with Gasteiger partial charge in [0.2, 0.25) is 0 Å². The molecule has 0 aliphatic heterocycles. The predicted octanol–water partition coefficient (Wildman–Crippen LogP) is 1.88. The molecule has 0 aromatic heterocycles. The van der Waals surface area contributed by atoms with E-state index in [9.17, 15) is 22.8 Å². The molecule has 1 atom stereocenters. The summed E-state index contributed by atoms with van der Waals surface area (Å²) < 4.78 is 36.2. The van der Waals surface area contributed by atoms with E-state index >= 15 is 0 Å². The molecule has 5 nitrogen and oxygen atoms in total. The highest BCUT2D eigenvalue weighted by Crippen LogP contribution is 2.40. The van der Waals surface area contributed by atoms with Crippen LogP contribution >= 0.6 is 0 Å². The number of aliphatic carboxylic acids is 1. The number of alkyl halides is 3. The number of hydrogen-bond donors (Lipinski definition) is 3. The summed E-state index contributed by atoms with van der Waals surface area (Å²) in [5.74, 6) is -0.984. The third kappa shape index (κ3) is 4.60. The zero-order chi connectivity index (χ0) is 14.7. The lowest BCUT2D eigenvalue weighted by Gasteiger charge is -2.37. The Morgan fingerprint density at radius 3 is 2.32 bits per heavy atom. The van der Waals surface area contributed by atoms with Crippen molar-refractivity contribution in [2.45, 2.75) is 44.8 Å². The van der Waals surface area contributed by atoms with E-state index in [4.69, 9.17) is 5.11 Å². The van der Waals surface area contributed by atoms with E-state index in [-0.39, 0.29) is 6.54 Å². The van der Waals surface area contributed by atoms with Crippen molar-refractivity contribution in [2.24, 2.45) is 5.41 Å². The fourth-order valence-electron chi connectivity index (χ4n) is 1.99. The molecule has 19 heavy (non-hydrogen) atoms. The van der Waals surface area contributed by atoms with Crippen molar-refractivity contribution in [2.75, 3.05) is 6.54 Å². The highest BCUT2D eigenvalue weighted by Gasteiger charge is 2.44. The number of carbonyl (C=O) groups excluding carboxylic acids is 1. The van der Waals surface area contributed by atoms with Crippen molar-refractivity contribution >= 4 is 12.0 Å². The van der Waals surface area contributed by atoms with Crippen LogP contribution in [0.1, 0.15) is 32.6 Å². The van der Waals surface area contributed by atoms with Gasteiger partial charge in [-0.2, -0.15) is 13.2 Å². The number of hydrogen-bond acceptors (Lipinski definition) is 2.